The first-order chi connectivity index (χ1) is 18.6. The summed E-state index contributed by atoms with van der Waals surface area (Å²) in [6.07, 6.45) is 3.33. The number of fused-ring (bicyclic) bond motifs is 16. The molecular formula is C26H40N4O7S2. The molecule has 0 spiro atoms. The van der Waals surface area contributed by atoms with E-state index < -0.39 is 54.0 Å². The number of nitrogens with one attached hydrogen (secondary N) is 4. The van der Waals surface area contributed by atoms with Crippen molar-refractivity contribution < 1.29 is 33.8 Å². The van der Waals surface area contributed by atoms with Crippen molar-refractivity contribution in [2.24, 2.45) is 11.8 Å². The second-order valence-electron chi connectivity index (χ2n) is 10.6. The molecule has 2 fully saturated rings. The summed E-state index contributed by atoms with van der Waals surface area (Å²) in [6.45, 7) is 4.39. The molecule has 0 aromatic carbocycles. The quantitative estimate of drug-likeness (QED) is 0.173. The lowest BCUT2D eigenvalue weighted by Crippen LogP contribution is -2.57. The lowest BCUT2D eigenvalue weighted by atomic mass is 9.96. The van der Waals surface area contributed by atoms with Gasteiger partial charge in [0.1, 0.15) is 18.2 Å². The number of amides is 4. The second kappa shape index (κ2) is 15.5. The van der Waals surface area contributed by atoms with E-state index in [1.165, 1.54) is 21.6 Å². The fourth-order valence-corrected chi connectivity index (χ4v) is 6.20. The van der Waals surface area contributed by atoms with Gasteiger partial charge in [0.2, 0.25) is 23.6 Å². The largest absolute Gasteiger partial charge is 0.457 e. The zero-order valence-electron chi connectivity index (χ0n) is 22.5. The molecule has 1 saturated heterocycles. The molecule has 1 aliphatic carbocycles. The Morgan fingerprint density at radius 1 is 1.10 bits per heavy atom. The first-order valence-electron chi connectivity index (χ1n) is 13.6. The summed E-state index contributed by atoms with van der Waals surface area (Å²) < 4.78 is 5.50. The van der Waals surface area contributed by atoms with E-state index >= 15 is 0 Å². The van der Waals surface area contributed by atoms with E-state index in [0.29, 0.717) is 18.2 Å². The van der Waals surface area contributed by atoms with Crippen LogP contribution in [0.3, 0.4) is 0 Å². The molecule has 0 aromatic rings. The zero-order valence-corrected chi connectivity index (χ0v) is 24.1. The lowest BCUT2D eigenvalue weighted by Gasteiger charge is -2.29. The van der Waals surface area contributed by atoms with Crippen LogP contribution in [0.1, 0.15) is 58.8 Å². The number of ether oxygens (including phenoxy) is 1. The van der Waals surface area contributed by atoms with Crippen molar-refractivity contribution in [2.75, 3.05) is 18.1 Å². The fraction of sp³-hybridized carbons (Fsp3) is 0.731. The highest BCUT2D eigenvalue weighted by Gasteiger charge is 2.32. The van der Waals surface area contributed by atoms with E-state index in [1.54, 1.807) is 12.2 Å². The van der Waals surface area contributed by atoms with Gasteiger partial charge in [-0.1, -0.05) is 41.5 Å². The average Bonchev–Trinajstić information content (AvgIpc) is 3.69. The van der Waals surface area contributed by atoms with Crippen LogP contribution in [-0.2, 0) is 28.7 Å². The van der Waals surface area contributed by atoms with Crippen molar-refractivity contribution in [1.82, 2.24) is 21.3 Å². The maximum Gasteiger partial charge on any atom is 0.309 e. The van der Waals surface area contributed by atoms with Crippen LogP contribution in [0.2, 0.25) is 0 Å². The maximum atomic E-state index is 13.4. The summed E-state index contributed by atoms with van der Waals surface area (Å²) in [7, 11) is 2.87. The van der Waals surface area contributed by atoms with Crippen molar-refractivity contribution in [3.63, 3.8) is 0 Å². The molecule has 3 heterocycles. The normalized spacial score (nSPS) is 30.5. The summed E-state index contributed by atoms with van der Waals surface area (Å²) in [5, 5.41) is 21.8. The van der Waals surface area contributed by atoms with Crippen LogP contribution >= 0.6 is 21.6 Å². The molecule has 3 aliphatic heterocycles. The van der Waals surface area contributed by atoms with Crippen molar-refractivity contribution in [1.29, 1.82) is 0 Å². The van der Waals surface area contributed by atoms with Crippen LogP contribution in [0.15, 0.2) is 12.2 Å². The Hall–Kier alpha value is -2.25. The monoisotopic (exact) mass is 584 g/mol. The second-order valence-corrected chi connectivity index (χ2v) is 13.2. The number of aliphatic hydroxyl groups excluding tert-OH is 1. The van der Waals surface area contributed by atoms with Crippen LogP contribution in [0, 0.1) is 11.8 Å². The van der Waals surface area contributed by atoms with Gasteiger partial charge in [-0.25, -0.2) is 0 Å². The number of carbonyl (C=O) groups excluding carboxylic acids is 5. The summed E-state index contributed by atoms with van der Waals surface area (Å²) in [6, 6.07) is -2.41. The van der Waals surface area contributed by atoms with Crippen molar-refractivity contribution in [3.05, 3.63) is 12.2 Å². The molecule has 39 heavy (non-hydrogen) atoms. The van der Waals surface area contributed by atoms with Gasteiger partial charge in [-0.3, -0.25) is 24.0 Å². The third-order valence-corrected chi connectivity index (χ3v) is 9.07. The number of hydrogen-bond acceptors (Lipinski definition) is 9. The van der Waals surface area contributed by atoms with Crippen LogP contribution in [0.4, 0.5) is 0 Å². The van der Waals surface area contributed by atoms with Crippen LogP contribution in [0.25, 0.3) is 0 Å². The van der Waals surface area contributed by atoms with Gasteiger partial charge in [0.15, 0.2) is 0 Å². The van der Waals surface area contributed by atoms with Gasteiger partial charge in [-0.15, -0.1) is 0 Å². The molecule has 13 heteroatoms. The molecule has 11 nitrogen and oxygen atoms in total. The van der Waals surface area contributed by atoms with Crippen molar-refractivity contribution in [3.8, 4) is 0 Å². The van der Waals surface area contributed by atoms with E-state index in [9.17, 15) is 29.1 Å². The molecule has 218 valence electrons. The smallest absolute Gasteiger partial charge is 0.309 e. The maximum absolute atomic E-state index is 13.4. The summed E-state index contributed by atoms with van der Waals surface area (Å²) in [5.41, 5.74) is 0. The summed E-state index contributed by atoms with van der Waals surface area (Å²) in [4.78, 5) is 64.5. The van der Waals surface area contributed by atoms with Crippen LogP contribution in [-0.4, -0.2) is 83.1 Å². The molecule has 0 aromatic heterocycles. The Balaban J connectivity index is 1.84. The molecule has 0 radical (unpaired) electrons. The minimum Gasteiger partial charge on any atom is -0.457 e. The number of carbonyl (C=O) groups is 5. The predicted molar refractivity (Wildman–Crippen MR) is 149 cm³/mol. The predicted octanol–water partition coefficient (Wildman–Crippen LogP) is 0.811. The topological polar surface area (TPSA) is 163 Å². The minimum absolute atomic E-state index is 0.0260. The van der Waals surface area contributed by atoms with Gasteiger partial charge in [0.25, 0.3) is 0 Å². The SMILES string of the molecule is CC(C)[C@H]1C[C@@H](O)CC(=O)O[C@@H]2/C=C/CSSC[C@@H](NC(=O)[C@H](CCC(=O)NCC3CC3)NC(=O)C2)C(=O)N1. The van der Waals surface area contributed by atoms with E-state index in [-0.39, 0.29) is 49.7 Å². The van der Waals surface area contributed by atoms with E-state index in [4.69, 9.17) is 4.74 Å². The van der Waals surface area contributed by atoms with Gasteiger partial charge in [0, 0.05) is 30.5 Å². The number of aliphatic hydroxyl groups is 1. The molecule has 0 unspecified atom stereocenters. The lowest BCUT2D eigenvalue weighted by molar-refractivity contribution is -0.150. The van der Waals surface area contributed by atoms with Crippen LogP contribution in [0.5, 0.6) is 0 Å². The third kappa shape index (κ3) is 11.4. The summed E-state index contributed by atoms with van der Waals surface area (Å²) in [5.74, 6) is -1.15. The number of rotatable bonds is 6. The van der Waals surface area contributed by atoms with E-state index in [2.05, 4.69) is 21.3 Å². The van der Waals surface area contributed by atoms with Gasteiger partial charge in [-0.05, 0) is 43.6 Å². The standard InChI is InChI=1S/C26H40N4O7S2/c1-15(2)20-10-17(31)11-24(34)37-18-4-3-9-38-39-14-21(26(36)29-20)30-25(35)19(28-23(33)12-18)7-8-22(32)27-13-16-5-6-16/h3-4,15-21,31H,5-14H2,1-2H3,(H,27,32)(H,28,33)(H,29,36)(H,30,35)/b4-3+/t17-,18-,19+,20-,21-/m1/s1. The Morgan fingerprint density at radius 2 is 1.87 bits per heavy atom. The zero-order chi connectivity index (χ0) is 28.4. The molecule has 2 bridgehead atoms. The first-order valence-corrected chi connectivity index (χ1v) is 16.0. The molecule has 5 N–H and O–H groups in total. The highest BCUT2D eigenvalue weighted by atomic mass is 33.1. The number of hydrogen-bond donors (Lipinski definition) is 5. The van der Waals surface area contributed by atoms with Gasteiger partial charge in [0.05, 0.1) is 18.9 Å². The van der Waals surface area contributed by atoms with E-state index in [0.717, 1.165) is 12.8 Å². The molecule has 5 atom stereocenters. The Morgan fingerprint density at radius 3 is 2.59 bits per heavy atom. The first kappa shape index (κ1) is 31.3. The fourth-order valence-electron chi connectivity index (χ4n) is 4.23. The molecule has 4 amide bonds. The number of esters is 1. The highest BCUT2D eigenvalue weighted by Crippen LogP contribution is 2.27. The Labute approximate surface area is 237 Å². The molecule has 1 saturated carbocycles. The average molecular weight is 585 g/mol. The third-order valence-electron chi connectivity index (χ3n) is 6.79. The minimum atomic E-state index is -1.06. The molecule has 4 rings (SSSR count). The molecule has 4 aliphatic rings. The Bertz CT molecular complexity index is 928. The van der Waals surface area contributed by atoms with Gasteiger partial charge < -0.3 is 31.1 Å². The highest BCUT2D eigenvalue weighted by molar-refractivity contribution is 8.76. The summed E-state index contributed by atoms with van der Waals surface area (Å²) >= 11 is 0. The van der Waals surface area contributed by atoms with E-state index in [1.807, 2.05) is 13.8 Å². The van der Waals surface area contributed by atoms with Crippen molar-refractivity contribution >= 4 is 51.2 Å². The van der Waals surface area contributed by atoms with Crippen LogP contribution < -0.4 is 21.3 Å². The van der Waals surface area contributed by atoms with Gasteiger partial charge >= 0.3 is 5.97 Å². The molecular weight excluding hydrogens is 544 g/mol. The Kier molecular flexibility index (Phi) is 12.4. The van der Waals surface area contributed by atoms with Gasteiger partial charge in [-0.2, -0.15) is 0 Å². The van der Waals surface area contributed by atoms with Crippen molar-refractivity contribution in [2.45, 2.75) is 89.1 Å².